The molecular formula is C13H9Cl2N3O3. The summed E-state index contributed by atoms with van der Waals surface area (Å²) in [6, 6.07) is 8.38. The van der Waals surface area contributed by atoms with Gasteiger partial charge in [0.25, 0.3) is 5.69 Å². The Balaban J connectivity index is 2.34. The minimum atomic E-state index is -0.547. The first-order chi connectivity index (χ1) is 9.88. The summed E-state index contributed by atoms with van der Waals surface area (Å²) in [5, 5.41) is 18.5. The lowest BCUT2D eigenvalue weighted by molar-refractivity contribution is -0.384. The number of amidine groups is 1. The molecule has 0 saturated carbocycles. The van der Waals surface area contributed by atoms with Gasteiger partial charge in [-0.3, -0.25) is 15.5 Å². The van der Waals surface area contributed by atoms with Gasteiger partial charge in [0.15, 0.2) is 5.75 Å². The molecule has 0 spiro atoms. The third-order valence-electron chi connectivity index (χ3n) is 2.58. The van der Waals surface area contributed by atoms with Gasteiger partial charge in [-0.05, 0) is 18.2 Å². The maximum Gasteiger partial charge on any atom is 0.273 e. The molecule has 8 heteroatoms. The number of benzene rings is 2. The van der Waals surface area contributed by atoms with E-state index in [1.54, 1.807) is 0 Å². The number of nitro groups is 1. The highest BCUT2D eigenvalue weighted by atomic mass is 35.5. The zero-order valence-corrected chi connectivity index (χ0v) is 12.0. The number of nitro benzene ring substituents is 1. The third kappa shape index (κ3) is 3.42. The van der Waals surface area contributed by atoms with Gasteiger partial charge < -0.3 is 10.5 Å². The number of rotatable bonds is 4. The smallest absolute Gasteiger partial charge is 0.273 e. The average molecular weight is 326 g/mol. The van der Waals surface area contributed by atoms with Crippen LogP contribution in [0.25, 0.3) is 0 Å². The largest absolute Gasteiger partial charge is 0.455 e. The van der Waals surface area contributed by atoms with Crippen LogP contribution in [-0.2, 0) is 0 Å². The number of ether oxygens (including phenoxy) is 1. The minimum Gasteiger partial charge on any atom is -0.455 e. The summed E-state index contributed by atoms with van der Waals surface area (Å²) in [4.78, 5) is 10.2. The van der Waals surface area contributed by atoms with Gasteiger partial charge >= 0.3 is 0 Å². The van der Waals surface area contributed by atoms with Crippen molar-refractivity contribution in [2.75, 3.05) is 0 Å². The monoisotopic (exact) mass is 325 g/mol. The van der Waals surface area contributed by atoms with Crippen molar-refractivity contribution in [2.24, 2.45) is 5.73 Å². The first kappa shape index (κ1) is 15.1. The molecule has 0 heterocycles. The molecule has 0 atom stereocenters. The van der Waals surface area contributed by atoms with Crippen molar-refractivity contribution < 1.29 is 9.66 Å². The maximum atomic E-state index is 10.7. The molecule has 0 saturated heterocycles. The molecule has 0 radical (unpaired) electrons. The molecule has 2 aromatic carbocycles. The Kier molecular flexibility index (Phi) is 4.30. The number of hydrogen-bond acceptors (Lipinski definition) is 4. The summed E-state index contributed by atoms with van der Waals surface area (Å²) in [7, 11) is 0. The standard InChI is InChI=1S/C13H9Cl2N3O3/c14-10-4-1-7(18(19)20)5-12(10)21-8-2-3-9(13(16)17)11(15)6-8/h1-6H,(H3,16,17). The molecule has 6 nitrogen and oxygen atoms in total. The zero-order chi connectivity index (χ0) is 15.6. The van der Waals surface area contributed by atoms with E-state index >= 15 is 0 Å². The van der Waals surface area contributed by atoms with E-state index in [1.165, 1.54) is 36.4 Å². The van der Waals surface area contributed by atoms with Crippen LogP contribution in [0, 0.1) is 15.5 Å². The normalized spacial score (nSPS) is 10.2. The van der Waals surface area contributed by atoms with Crippen molar-refractivity contribution in [2.45, 2.75) is 0 Å². The topological polar surface area (TPSA) is 102 Å². The predicted molar refractivity (Wildman–Crippen MR) is 80.6 cm³/mol. The van der Waals surface area contributed by atoms with E-state index in [4.69, 9.17) is 39.1 Å². The fourth-order valence-electron chi connectivity index (χ4n) is 1.59. The third-order valence-corrected chi connectivity index (χ3v) is 3.21. The predicted octanol–water partition coefficient (Wildman–Crippen LogP) is 3.98. The van der Waals surface area contributed by atoms with Crippen molar-refractivity contribution >= 4 is 34.7 Å². The summed E-state index contributed by atoms with van der Waals surface area (Å²) in [6.07, 6.45) is 0. The molecule has 0 aliphatic rings. The molecule has 0 fully saturated rings. The van der Waals surface area contributed by atoms with Gasteiger partial charge in [-0.1, -0.05) is 23.2 Å². The molecule has 0 aliphatic carbocycles. The minimum absolute atomic E-state index is 0.137. The molecule has 3 N–H and O–H groups in total. The molecular weight excluding hydrogens is 317 g/mol. The van der Waals surface area contributed by atoms with Gasteiger partial charge in [-0.15, -0.1) is 0 Å². The van der Waals surface area contributed by atoms with Crippen LogP contribution < -0.4 is 10.5 Å². The Bertz CT molecular complexity index is 735. The van der Waals surface area contributed by atoms with Gasteiger partial charge in [0.1, 0.15) is 11.6 Å². The lowest BCUT2D eigenvalue weighted by Crippen LogP contribution is -2.11. The summed E-state index contributed by atoms with van der Waals surface area (Å²) in [5.41, 5.74) is 5.59. The number of nitrogen functional groups attached to an aromatic ring is 1. The second-order valence-electron chi connectivity index (χ2n) is 4.03. The van der Waals surface area contributed by atoms with Gasteiger partial charge in [-0.25, -0.2) is 0 Å². The van der Waals surface area contributed by atoms with Crippen LogP contribution >= 0.6 is 23.2 Å². The van der Waals surface area contributed by atoms with Crippen LogP contribution in [0.1, 0.15) is 5.56 Å². The second-order valence-corrected chi connectivity index (χ2v) is 4.84. The summed E-state index contributed by atoms with van der Waals surface area (Å²) in [5.74, 6) is 0.296. The Morgan fingerprint density at radius 1 is 1.19 bits per heavy atom. The number of nitrogens with zero attached hydrogens (tertiary/aromatic N) is 1. The molecule has 0 aliphatic heterocycles. The van der Waals surface area contributed by atoms with Gasteiger partial charge in [0, 0.05) is 17.7 Å². The highest BCUT2D eigenvalue weighted by Gasteiger charge is 2.12. The number of nitrogens with one attached hydrogen (secondary N) is 1. The Labute approximate surface area is 129 Å². The quantitative estimate of drug-likeness (QED) is 0.384. The van der Waals surface area contributed by atoms with E-state index in [9.17, 15) is 10.1 Å². The Morgan fingerprint density at radius 3 is 2.48 bits per heavy atom. The fraction of sp³-hybridized carbons (Fsp3) is 0. The zero-order valence-electron chi connectivity index (χ0n) is 10.5. The molecule has 2 rings (SSSR count). The summed E-state index contributed by atoms with van der Waals surface area (Å²) >= 11 is 11.9. The van der Waals surface area contributed by atoms with Gasteiger partial charge in [0.2, 0.25) is 0 Å². The first-order valence-electron chi connectivity index (χ1n) is 5.64. The van der Waals surface area contributed by atoms with Crippen molar-refractivity contribution in [3.8, 4) is 11.5 Å². The molecule has 2 aromatic rings. The van der Waals surface area contributed by atoms with E-state index in [-0.39, 0.29) is 27.3 Å². The number of nitrogens with two attached hydrogens (primary N) is 1. The molecule has 0 aromatic heterocycles. The van der Waals surface area contributed by atoms with E-state index < -0.39 is 4.92 Å². The maximum absolute atomic E-state index is 10.7. The molecule has 0 amide bonds. The van der Waals surface area contributed by atoms with E-state index in [2.05, 4.69) is 0 Å². The highest BCUT2D eigenvalue weighted by Crippen LogP contribution is 2.34. The van der Waals surface area contributed by atoms with E-state index in [1.807, 2.05) is 0 Å². The number of non-ortho nitro benzene ring substituents is 1. The SMILES string of the molecule is N=C(N)c1ccc(Oc2cc([N+](=O)[O-])ccc2Cl)cc1Cl. The first-order valence-corrected chi connectivity index (χ1v) is 6.40. The van der Waals surface area contributed by atoms with Crippen molar-refractivity contribution in [3.05, 3.63) is 62.1 Å². The van der Waals surface area contributed by atoms with Gasteiger partial charge in [-0.2, -0.15) is 0 Å². The number of hydrogen-bond donors (Lipinski definition) is 2. The Morgan fingerprint density at radius 2 is 1.90 bits per heavy atom. The van der Waals surface area contributed by atoms with Crippen molar-refractivity contribution in [3.63, 3.8) is 0 Å². The molecule has 108 valence electrons. The highest BCUT2D eigenvalue weighted by molar-refractivity contribution is 6.34. The average Bonchev–Trinajstić information content (AvgIpc) is 2.40. The van der Waals surface area contributed by atoms with Crippen LogP contribution in [0.4, 0.5) is 5.69 Å². The van der Waals surface area contributed by atoms with Crippen molar-refractivity contribution in [1.82, 2.24) is 0 Å². The van der Waals surface area contributed by atoms with Crippen LogP contribution in [0.15, 0.2) is 36.4 Å². The second kappa shape index (κ2) is 5.99. The molecule has 0 unspecified atom stereocenters. The fourth-order valence-corrected chi connectivity index (χ4v) is 2.02. The van der Waals surface area contributed by atoms with E-state index in [0.717, 1.165) is 0 Å². The van der Waals surface area contributed by atoms with Crippen LogP contribution in [0.2, 0.25) is 10.0 Å². The Hall–Kier alpha value is -2.31. The van der Waals surface area contributed by atoms with Crippen molar-refractivity contribution in [1.29, 1.82) is 5.41 Å². The van der Waals surface area contributed by atoms with Gasteiger partial charge in [0.05, 0.1) is 21.0 Å². The summed E-state index contributed by atoms with van der Waals surface area (Å²) in [6.45, 7) is 0. The van der Waals surface area contributed by atoms with Crippen LogP contribution in [-0.4, -0.2) is 10.8 Å². The lowest BCUT2D eigenvalue weighted by Gasteiger charge is -2.09. The molecule has 21 heavy (non-hydrogen) atoms. The molecule has 0 bridgehead atoms. The number of halogens is 2. The lowest BCUT2D eigenvalue weighted by atomic mass is 10.2. The van der Waals surface area contributed by atoms with E-state index in [0.29, 0.717) is 11.3 Å². The van der Waals surface area contributed by atoms with Crippen LogP contribution in [0.5, 0.6) is 11.5 Å². The van der Waals surface area contributed by atoms with Crippen LogP contribution in [0.3, 0.4) is 0 Å². The summed E-state index contributed by atoms with van der Waals surface area (Å²) < 4.78 is 5.48.